The van der Waals surface area contributed by atoms with Crippen LogP contribution in [0.5, 0.6) is 0 Å². The van der Waals surface area contributed by atoms with Gasteiger partial charge in [0.25, 0.3) is 0 Å². The molecule has 16 heavy (non-hydrogen) atoms. The average Bonchev–Trinajstić information content (AvgIpc) is 2.26. The van der Waals surface area contributed by atoms with E-state index in [1.807, 2.05) is 0 Å². The van der Waals surface area contributed by atoms with Crippen molar-refractivity contribution in [2.24, 2.45) is 5.73 Å². The molecule has 0 spiro atoms. The Labute approximate surface area is 98.4 Å². The zero-order chi connectivity index (χ0) is 11.7. The average molecular weight is 218 g/mol. The minimum Gasteiger partial charge on any atom is -0.327 e. The molecule has 0 aliphatic carbocycles. The van der Waals surface area contributed by atoms with Crippen LogP contribution in [0.25, 0.3) is 0 Å². The van der Waals surface area contributed by atoms with Crippen LogP contribution in [0.15, 0.2) is 18.2 Å². The maximum Gasteiger partial charge on any atom is 0.0132 e. The number of aryl methyl sites for hydroxylation is 1. The summed E-state index contributed by atoms with van der Waals surface area (Å²) in [5.41, 5.74) is 10.5. The van der Waals surface area contributed by atoms with Gasteiger partial charge in [0, 0.05) is 18.5 Å². The predicted octanol–water partition coefficient (Wildman–Crippen LogP) is 2.05. The highest BCUT2D eigenvalue weighted by Gasteiger charge is 2.27. The van der Waals surface area contributed by atoms with Crippen molar-refractivity contribution in [2.45, 2.75) is 32.2 Å². The van der Waals surface area contributed by atoms with E-state index in [0.29, 0.717) is 12.0 Å². The second-order valence-electron chi connectivity index (χ2n) is 5.11. The van der Waals surface area contributed by atoms with Crippen molar-refractivity contribution in [1.29, 1.82) is 0 Å². The highest BCUT2D eigenvalue weighted by molar-refractivity contribution is 5.37. The van der Waals surface area contributed by atoms with Crippen molar-refractivity contribution in [3.05, 3.63) is 34.9 Å². The number of rotatable bonds is 1. The van der Waals surface area contributed by atoms with Gasteiger partial charge in [-0.15, -0.1) is 0 Å². The molecule has 1 heterocycles. The highest BCUT2D eigenvalue weighted by Crippen LogP contribution is 2.29. The van der Waals surface area contributed by atoms with Crippen LogP contribution in [0.4, 0.5) is 0 Å². The van der Waals surface area contributed by atoms with Gasteiger partial charge in [0.05, 0.1) is 0 Å². The fraction of sp³-hybridized carbons (Fsp3) is 0.571. The SMILES string of the molecule is Cc1cccc(C2CN(C)CCC2N)c1C. The molecule has 1 aromatic rings. The summed E-state index contributed by atoms with van der Waals surface area (Å²) >= 11 is 0. The van der Waals surface area contributed by atoms with E-state index < -0.39 is 0 Å². The molecule has 0 radical (unpaired) electrons. The van der Waals surface area contributed by atoms with E-state index >= 15 is 0 Å². The molecule has 1 aliphatic rings. The van der Waals surface area contributed by atoms with Crippen molar-refractivity contribution in [1.82, 2.24) is 4.90 Å². The topological polar surface area (TPSA) is 29.3 Å². The Bertz CT molecular complexity index is 373. The molecule has 1 aliphatic heterocycles. The van der Waals surface area contributed by atoms with Crippen LogP contribution >= 0.6 is 0 Å². The van der Waals surface area contributed by atoms with Gasteiger partial charge in [-0.1, -0.05) is 18.2 Å². The molecular weight excluding hydrogens is 196 g/mol. The molecule has 88 valence electrons. The Morgan fingerprint density at radius 2 is 2.06 bits per heavy atom. The van der Waals surface area contributed by atoms with Gasteiger partial charge >= 0.3 is 0 Å². The lowest BCUT2D eigenvalue weighted by Crippen LogP contribution is -2.44. The van der Waals surface area contributed by atoms with E-state index in [2.05, 4.69) is 44.0 Å². The molecule has 2 N–H and O–H groups in total. The van der Waals surface area contributed by atoms with Gasteiger partial charge in [0.1, 0.15) is 0 Å². The van der Waals surface area contributed by atoms with Crippen LogP contribution in [-0.4, -0.2) is 31.1 Å². The third kappa shape index (κ3) is 2.13. The van der Waals surface area contributed by atoms with E-state index in [0.717, 1.165) is 19.5 Å². The van der Waals surface area contributed by atoms with Crippen LogP contribution in [0, 0.1) is 13.8 Å². The lowest BCUT2D eigenvalue weighted by Gasteiger charge is -2.36. The van der Waals surface area contributed by atoms with Crippen LogP contribution in [0.2, 0.25) is 0 Å². The number of hydrogen-bond donors (Lipinski definition) is 1. The molecule has 0 bridgehead atoms. The number of likely N-dealkylation sites (tertiary alicyclic amines) is 1. The predicted molar refractivity (Wildman–Crippen MR) is 68.7 cm³/mol. The summed E-state index contributed by atoms with van der Waals surface area (Å²) in [6, 6.07) is 6.89. The van der Waals surface area contributed by atoms with Gasteiger partial charge < -0.3 is 10.6 Å². The van der Waals surface area contributed by atoms with E-state index in [9.17, 15) is 0 Å². The van der Waals surface area contributed by atoms with E-state index in [-0.39, 0.29) is 0 Å². The maximum atomic E-state index is 6.27. The molecule has 1 aromatic carbocycles. The van der Waals surface area contributed by atoms with Crippen LogP contribution in [0.1, 0.15) is 29.0 Å². The number of piperidine rings is 1. The normalized spacial score (nSPS) is 27.0. The Balaban J connectivity index is 2.31. The molecule has 2 heteroatoms. The molecule has 2 unspecified atom stereocenters. The summed E-state index contributed by atoms with van der Waals surface area (Å²) in [5.74, 6) is 0.499. The van der Waals surface area contributed by atoms with Crippen molar-refractivity contribution < 1.29 is 0 Å². The van der Waals surface area contributed by atoms with Gasteiger partial charge in [0.2, 0.25) is 0 Å². The number of benzene rings is 1. The summed E-state index contributed by atoms with van der Waals surface area (Å²) < 4.78 is 0. The van der Waals surface area contributed by atoms with Crippen molar-refractivity contribution in [2.75, 3.05) is 20.1 Å². The Hall–Kier alpha value is -0.860. The van der Waals surface area contributed by atoms with Gasteiger partial charge in [-0.3, -0.25) is 0 Å². The Kier molecular flexibility index (Phi) is 3.31. The Morgan fingerprint density at radius 3 is 2.81 bits per heavy atom. The summed E-state index contributed by atoms with van der Waals surface area (Å²) in [6.07, 6.45) is 1.11. The molecule has 0 amide bonds. The molecule has 2 rings (SSSR count). The van der Waals surface area contributed by atoms with Gasteiger partial charge in [0.15, 0.2) is 0 Å². The van der Waals surface area contributed by atoms with Crippen LogP contribution in [0.3, 0.4) is 0 Å². The fourth-order valence-electron chi connectivity index (χ4n) is 2.64. The van der Waals surface area contributed by atoms with Crippen molar-refractivity contribution in [3.8, 4) is 0 Å². The summed E-state index contributed by atoms with van der Waals surface area (Å²) in [7, 11) is 2.18. The van der Waals surface area contributed by atoms with E-state index in [1.54, 1.807) is 0 Å². The van der Waals surface area contributed by atoms with Crippen molar-refractivity contribution in [3.63, 3.8) is 0 Å². The molecule has 2 atom stereocenters. The van der Waals surface area contributed by atoms with Gasteiger partial charge in [-0.2, -0.15) is 0 Å². The van der Waals surface area contributed by atoms with Gasteiger partial charge in [-0.25, -0.2) is 0 Å². The number of likely N-dealkylation sites (N-methyl/N-ethyl adjacent to an activating group) is 1. The van der Waals surface area contributed by atoms with Crippen molar-refractivity contribution >= 4 is 0 Å². The molecular formula is C14H22N2. The van der Waals surface area contributed by atoms with Gasteiger partial charge in [-0.05, 0) is 50.6 Å². The monoisotopic (exact) mass is 218 g/mol. The molecule has 2 nitrogen and oxygen atoms in total. The summed E-state index contributed by atoms with van der Waals surface area (Å²) in [6.45, 7) is 6.61. The first kappa shape index (κ1) is 11.6. The zero-order valence-electron chi connectivity index (χ0n) is 10.5. The Morgan fingerprint density at radius 1 is 1.31 bits per heavy atom. The molecule has 1 fully saturated rings. The smallest absolute Gasteiger partial charge is 0.0132 e. The van der Waals surface area contributed by atoms with Crippen LogP contribution in [-0.2, 0) is 0 Å². The number of hydrogen-bond acceptors (Lipinski definition) is 2. The third-order valence-electron chi connectivity index (χ3n) is 3.92. The lowest BCUT2D eigenvalue weighted by molar-refractivity contribution is 0.228. The first-order valence-electron chi connectivity index (χ1n) is 6.10. The zero-order valence-corrected chi connectivity index (χ0v) is 10.5. The van der Waals surface area contributed by atoms with Crippen LogP contribution < -0.4 is 5.73 Å². The summed E-state index contributed by atoms with van der Waals surface area (Å²) in [5, 5.41) is 0. The summed E-state index contributed by atoms with van der Waals surface area (Å²) in [4.78, 5) is 2.38. The minimum absolute atomic E-state index is 0.316. The maximum absolute atomic E-state index is 6.27. The quantitative estimate of drug-likeness (QED) is 0.781. The third-order valence-corrected chi connectivity index (χ3v) is 3.92. The second-order valence-corrected chi connectivity index (χ2v) is 5.11. The first-order chi connectivity index (χ1) is 7.59. The first-order valence-corrected chi connectivity index (χ1v) is 6.10. The molecule has 0 saturated carbocycles. The second kappa shape index (κ2) is 4.56. The number of nitrogens with two attached hydrogens (primary N) is 1. The molecule has 0 aromatic heterocycles. The standard InChI is InChI=1S/C14H22N2/c1-10-5-4-6-12(11(10)2)13-9-16(3)8-7-14(13)15/h4-6,13-14H,7-9,15H2,1-3H3. The lowest BCUT2D eigenvalue weighted by atomic mass is 9.83. The number of nitrogens with zero attached hydrogens (tertiary/aromatic N) is 1. The highest BCUT2D eigenvalue weighted by atomic mass is 15.1. The largest absolute Gasteiger partial charge is 0.327 e. The minimum atomic E-state index is 0.316. The van der Waals surface area contributed by atoms with E-state index in [1.165, 1.54) is 16.7 Å². The fourth-order valence-corrected chi connectivity index (χ4v) is 2.64. The molecule has 1 saturated heterocycles. The van der Waals surface area contributed by atoms with E-state index in [4.69, 9.17) is 5.73 Å².